The molecule has 0 amide bonds. The van der Waals surface area contributed by atoms with E-state index in [1.54, 1.807) is 19.2 Å². The molecule has 0 N–H and O–H groups in total. The summed E-state index contributed by atoms with van der Waals surface area (Å²) >= 11 is 0. The maximum atomic E-state index is 13.2. The second-order valence-electron chi connectivity index (χ2n) is 7.63. The van der Waals surface area contributed by atoms with E-state index >= 15 is 0 Å². The molecule has 2 atom stereocenters. The van der Waals surface area contributed by atoms with Gasteiger partial charge in [-0.25, -0.2) is 4.39 Å². The zero-order chi connectivity index (χ0) is 19.5. The highest BCUT2D eigenvalue weighted by Gasteiger charge is 2.42. The van der Waals surface area contributed by atoms with E-state index in [0.717, 1.165) is 50.8 Å². The average Bonchev–Trinajstić information content (AvgIpc) is 2.72. The quantitative estimate of drug-likeness (QED) is 0.763. The fourth-order valence-electron chi connectivity index (χ4n) is 3.90. The Kier molecular flexibility index (Phi) is 5.69. The van der Waals surface area contributed by atoms with Crippen LogP contribution in [0.15, 0.2) is 48.5 Å². The van der Waals surface area contributed by atoms with Gasteiger partial charge in [0, 0.05) is 38.4 Å². The second-order valence-corrected chi connectivity index (χ2v) is 7.63. The number of rotatable bonds is 6. The van der Waals surface area contributed by atoms with E-state index < -0.39 is 0 Å². The van der Waals surface area contributed by atoms with Gasteiger partial charge in [0.05, 0.1) is 19.7 Å². The number of nitrogens with zero attached hydrogens (tertiary/aromatic N) is 3. The lowest BCUT2D eigenvalue weighted by atomic mass is 9.96. The van der Waals surface area contributed by atoms with Gasteiger partial charge in [0.1, 0.15) is 23.4 Å². The van der Waals surface area contributed by atoms with Crippen molar-refractivity contribution >= 4 is 5.69 Å². The number of likely N-dealkylation sites (N-methyl/N-ethyl adjacent to an activating group) is 1. The zero-order valence-electron chi connectivity index (χ0n) is 16.6. The summed E-state index contributed by atoms with van der Waals surface area (Å²) in [5.41, 5.74) is 1.18. The molecule has 6 heteroatoms. The number of anilines is 1. The van der Waals surface area contributed by atoms with E-state index in [9.17, 15) is 4.39 Å². The number of benzene rings is 2. The first-order valence-corrected chi connectivity index (χ1v) is 9.86. The van der Waals surface area contributed by atoms with Crippen LogP contribution >= 0.6 is 0 Å². The van der Waals surface area contributed by atoms with Crippen LogP contribution in [0.25, 0.3) is 0 Å². The summed E-state index contributed by atoms with van der Waals surface area (Å²) in [7, 11) is 3.85. The number of hydrogen-bond acceptors (Lipinski definition) is 5. The highest BCUT2D eigenvalue weighted by atomic mass is 19.1. The van der Waals surface area contributed by atoms with Gasteiger partial charge in [0.15, 0.2) is 0 Å². The Hall–Kier alpha value is -2.31. The summed E-state index contributed by atoms with van der Waals surface area (Å²) in [4.78, 5) is 7.28. The Bertz CT molecular complexity index is 760. The van der Waals surface area contributed by atoms with Crippen LogP contribution in [0.5, 0.6) is 11.5 Å². The van der Waals surface area contributed by atoms with Gasteiger partial charge >= 0.3 is 0 Å². The molecule has 4 rings (SSSR count). The lowest BCUT2D eigenvalue weighted by Crippen LogP contribution is -2.67. The molecular weight excluding hydrogens is 357 g/mol. The largest absolute Gasteiger partial charge is 0.497 e. The molecular formula is C22H28FN3O2. The molecule has 0 aliphatic carbocycles. The highest BCUT2D eigenvalue weighted by molar-refractivity contribution is 5.53. The maximum absolute atomic E-state index is 13.2. The van der Waals surface area contributed by atoms with Crippen molar-refractivity contribution in [2.24, 2.45) is 0 Å². The molecule has 2 saturated heterocycles. The van der Waals surface area contributed by atoms with E-state index in [1.165, 1.54) is 17.8 Å². The summed E-state index contributed by atoms with van der Waals surface area (Å²) in [6.45, 7) is 6.13. The summed E-state index contributed by atoms with van der Waals surface area (Å²) in [5, 5.41) is 0. The molecule has 2 aliphatic heterocycles. The standard InChI is InChI=1S/C22H28FN3O2/c1-24-11-13-25(14-12-24)15-21-22(28-20-7-3-17(23)4-8-20)16-26(21)18-5-9-19(27-2)10-6-18/h3-10,21-22H,11-16H2,1-2H3/t21-,22-/m1/s1. The van der Waals surface area contributed by atoms with Gasteiger partial charge in [0.25, 0.3) is 0 Å². The van der Waals surface area contributed by atoms with Gasteiger partial charge in [-0.3, -0.25) is 4.90 Å². The molecule has 2 aliphatic rings. The van der Waals surface area contributed by atoms with Crippen molar-refractivity contribution in [3.63, 3.8) is 0 Å². The SMILES string of the molecule is COc1ccc(N2C[C@@H](Oc3ccc(F)cc3)[C@H]2CN2CCN(C)CC2)cc1. The van der Waals surface area contributed by atoms with Gasteiger partial charge < -0.3 is 19.3 Å². The Morgan fingerprint density at radius 3 is 2.21 bits per heavy atom. The zero-order valence-corrected chi connectivity index (χ0v) is 16.6. The lowest BCUT2D eigenvalue weighted by molar-refractivity contribution is 0.0709. The van der Waals surface area contributed by atoms with Crippen LogP contribution in [0, 0.1) is 5.82 Å². The number of hydrogen-bond donors (Lipinski definition) is 0. The topological polar surface area (TPSA) is 28.2 Å². The number of methoxy groups -OCH3 is 1. The predicted molar refractivity (Wildman–Crippen MR) is 109 cm³/mol. The van der Waals surface area contributed by atoms with E-state index in [2.05, 4.69) is 33.9 Å². The van der Waals surface area contributed by atoms with Gasteiger partial charge in [-0.05, 0) is 55.6 Å². The second kappa shape index (κ2) is 8.37. The number of halogens is 1. The molecule has 0 radical (unpaired) electrons. The minimum atomic E-state index is -0.241. The van der Waals surface area contributed by atoms with E-state index in [-0.39, 0.29) is 18.0 Å². The molecule has 0 aromatic heterocycles. The van der Waals surface area contributed by atoms with Crippen LogP contribution in [0.4, 0.5) is 10.1 Å². The van der Waals surface area contributed by atoms with Crippen molar-refractivity contribution < 1.29 is 13.9 Å². The van der Waals surface area contributed by atoms with E-state index in [0.29, 0.717) is 0 Å². The van der Waals surface area contributed by atoms with Crippen molar-refractivity contribution in [1.29, 1.82) is 0 Å². The van der Waals surface area contributed by atoms with Gasteiger partial charge in [-0.15, -0.1) is 0 Å². The Morgan fingerprint density at radius 1 is 0.929 bits per heavy atom. The van der Waals surface area contributed by atoms with E-state index in [4.69, 9.17) is 9.47 Å². The normalized spacial score (nSPS) is 23.3. The van der Waals surface area contributed by atoms with Crippen molar-refractivity contribution in [2.45, 2.75) is 12.1 Å². The first kappa shape index (κ1) is 19.0. The molecule has 28 heavy (non-hydrogen) atoms. The Balaban J connectivity index is 1.47. The molecule has 2 aromatic carbocycles. The van der Waals surface area contributed by atoms with Crippen LogP contribution in [-0.4, -0.2) is 75.4 Å². The molecule has 0 bridgehead atoms. The monoisotopic (exact) mass is 385 g/mol. The van der Waals surface area contributed by atoms with Crippen LogP contribution in [0.2, 0.25) is 0 Å². The Morgan fingerprint density at radius 2 is 1.57 bits per heavy atom. The van der Waals surface area contributed by atoms with Crippen LogP contribution < -0.4 is 14.4 Å². The van der Waals surface area contributed by atoms with Crippen molar-refractivity contribution in [3.8, 4) is 11.5 Å². The summed E-state index contributed by atoms with van der Waals surface area (Å²) < 4.78 is 24.7. The fraction of sp³-hybridized carbons (Fsp3) is 0.455. The Labute approximate surface area is 166 Å². The van der Waals surface area contributed by atoms with Crippen LogP contribution in [0.1, 0.15) is 0 Å². The molecule has 0 unspecified atom stereocenters. The third-order valence-electron chi connectivity index (χ3n) is 5.75. The molecule has 150 valence electrons. The van der Waals surface area contributed by atoms with Crippen LogP contribution in [0.3, 0.4) is 0 Å². The molecule has 0 saturated carbocycles. The average molecular weight is 385 g/mol. The summed E-state index contributed by atoms with van der Waals surface area (Å²) in [5.74, 6) is 1.35. The van der Waals surface area contributed by atoms with Crippen molar-refractivity contribution in [2.75, 3.05) is 58.3 Å². The third-order valence-corrected chi connectivity index (χ3v) is 5.75. The molecule has 5 nitrogen and oxygen atoms in total. The maximum Gasteiger partial charge on any atom is 0.138 e. The summed E-state index contributed by atoms with van der Waals surface area (Å²) in [6.07, 6.45) is 0.0900. The number of ether oxygens (including phenoxy) is 2. The lowest BCUT2D eigenvalue weighted by Gasteiger charge is -2.51. The molecule has 2 fully saturated rings. The van der Waals surface area contributed by atoms with Gasteiger partial charge in [-0.2, -0.15) is 0 Å². The molecule has 0 spiro atoms. The summed E-state index contributed by atoms with van der Waals surface area (Å²) in [6, 6.07) is 14.8. The third kappa shape index (κ3) is 4.23. The van der Waals surface area contributed by atoms with E-state index in [1.807, 2.05) is 12.1 Å². The van der Waals surface area contributed by atoms with Gasteiger partial charge in [-0.1, -0.05) is 0 Å². The number of piperazine rings is 1. The van der Waals surface area contributed by atoms with Crippen molar-refractivity contribution in [3.05, 3.63) is 54.3 Å². The van der Waals surface area contributed by atoms with Gasteiger partial charge in [0.2, 0.25) is 0 Å². The fourth-order valence-corrected chi connectivity index (χ4v) is 3.90. The first-order chi connectivity index (χ1) is 13.6. The minimum Gasteiger partial charge on any atom is -0.497 e. The van der Waals surface area contributed by atoms with Crippen molar-refractivity contribution in [1.82, 2.24) is 9.80 Å². The first-order valence-electron chi connectivity index (χ1n) is 9.86. The van der Waals surface area contributed by atoms with Crippen LogP contribution in [-0.2, 0) is 0 Å². The molecule has 2 aromatic rings. The smallest absolute Gasteiger partial charge is 0.138 e. The highest BCUT2D eigenvalue weighted by Crippen LogP contribution is 2.32. The minimum absolute atomic E-state index is 0.0900. The molecule has 2 heterocycles. The predicted octanol–water partition coefficient (Wildman–Crippen LogP) is 2.72.